The van der Waals surface area contributed by atoms with E-state index in [1.807, 2.05) is 0 Å². The number of ether oxygens (including phenoxy) is 1. The highest BCUT2D eigenvalue weighted by atomic mass is 19.2. The van der Waals surface area contributed by atoms with E-state index in [1.165, 1.54) is 12.1 Å². The largest absolute Gasteiger partial charge is 0.507 e. The van der Waals surface area contributed by atoms with Gasteiger partial charge in [0, 0.05) is 23.8 Å². The molecule has 33 heavy (non-hydrogen) atoms. The second-order valence-corrected chi connectivity index (χ2v) is 9.20. The predicted octanol–water partition coefficient (Wildman–Crippen LogP) is 1.56. The Bertz CT molecular complexity index is 1140. The Morgan fingerprint density at radius 1 is 1.24 bits per heavy atom. The number of aliphatic hydroxyl groups is 2. The molecule has 3 N–H and O–H groups in total. The summed E-state index contributed by atoms with van der Waals surface area (Å²) in [4.78, 5) is 29.8. The van der Waals surface area contributed by atoms with E-state index in [0.29, 0.717) is 18.5 Å². The SMILES string of the molecule is O=C(NCc1cccc(F)c1F)C1=C2CCC3C4OC5CCC(C5)N4C(=O)C(=C(O)C1O)N23. The van der Waals surface area contributed by atoms with Gasteiger partial charge in [-0.25, -0.2) is 8.78 Å². The van der Waals surface area contributed by atoms with Gasteiger partial charge in [0.1, 0.15) is 11.8 Å². The summed E-state index contributed by atoms with van der Waals surface area (Å²) in [6.07, 6.45) is 1.40. The van der Waals surface area contributed by atoms with Gasteiger partial charge in [-0.2, -0.15) is 0 Å². The Hall–Kier alpha value is -2.98. The molecular formula is C23H23F2N3O5. The number of nitrogens with one attached hydrogen (secondary N) is 1. The third-order valence-corrected chi connectivity index (χ3v) is 7.46. The maximum atomic E-state index is 14.0. The lowest BCUT2D eigenvalue weighted by molar-refractivity contribution is -0.189. The van der Waals surface area contributed by atoms with Gasteiger partial charge in [-0.1, -0.05) is 12.1 Å². The first-order chi connectivity index (χ1) is 15.9. The van der Waals surface area contributed by atoms with Crippen LogP contribution in [0.3, 0.4) is 0 Å². The number of carbonyl (C=O) groups excluding carboxylic acids is 2. The Balaban J connectivity index is 1.33. The van der Waals surface area contributed by atoms with Gasteiger partial charge in [-0.05, 0) is 38.2 Å². The molecule has 2 bridgehead atoms. The lowest BCUT2D eigenvalue weighted by Crippen LogP contribution is -2.65. The summed E-state index contributed by atoms with van der Waals surface area (Å²) in [5.41, 5.74) is 0.319. The number of hydrogen-bond acceptors (Lipinski definition) is 6. The summed E-state index contributed by atoms with van der Waals surface area (Å²) in [5, 5.41) is 24.2. The molecule has 4 fully saturated rings. The van der Waals surface area contributed by atoms with Gasteiger partial charge in [0.2, 0.25) is 0 Å². The molecule has 6 rings (SSSR count). The van der Waals surface area contributed by atoms with Gasteiger partial charge >= 0.3 is 0 Å². The second-order valence-electron chi connectivity index (χ2n) is 9.20. The number of hydrogen-bond donors (Lipinski definition) is 3. The van der Waals surface area contributed by atoms with E-state index in [-0.39, 0.29) is 41.6 Å². The van der Waals surface area contributed by atoms with Gasteiger partial charge in [0.05, 0.1) is 17.7 Å². The van der Waals surface area contributed by atoms with Gasteiger partial charge in [0.25, 0.3) is 11.8 Å². The van der Waals surface area contributed by atoms with Crippen LogP contribution in [-0.4, -0.2) is 62.3 Å². The predicted molar refractivity (Wildman–Crippen MR) is 109 cm³/mol. The molecule has 1 saturated carbocycles. The van der Waals surface area contributed by atoms with Crippen molar-refractivity contribution < 1.29 is 33.3 Å². The second kappa shape index (κ2) is 7.26. The maximum absolute atomic E-state index is 14.0. The van der Waals surface area contributed by atoms with Gasteiger partial charge in [0.15, 0.2) is 23.6 Å². The standard InChI is InChI=1S/C23H23F2N3O5/c24-13-3-1-2-10(17(13)25)9-26-21(31)16-14-6-7-15-23-27(11-4-5-12(8-11)33-23)22(32)18(28(14)15)20(30)19(16)29/h1-3,11-12,15,19,23,29-30H,4-9H2,(H,26,31). The van der Waals surface area contributed by atoms with Crippen LogP contribution >= 0.6 is 0 Å². The molecular weight excluding hydrogens is 436 g/mol. The average molecular weight is 459 g/mol. The van der Waals surface area contributed by atoms with Crippen molar-refractivity contribution in [1.29, 1.82) is 0 Å². The van der Waals surface area contributed by atoms with Crippen LogP contribution in [0.5, 0.6) is 0 Å². The molecule has 4 heterocycles. The Morgan fingerprint density at radius 3 is 2.88 bits per heavy atom. The molecule has 8 nitrogen and oxygen atoms in total. The molecule has 5 unspecified atom stereocenters. The highest BCUT2D eigenvalue weighted by Gasteiger charge is 2.58. The van der Waals surface area contributed by atoms with Crippen molar-refractivity contribution >= 4 is 11.8 Å². The molecule has 5 atom stereocenters. The van der Waals surface area contributed by atoms with Crippen LogP contribution in [0.15, 0.2) is 40.9 Å². The number of aliphatic hydroxyl groups excluding tert-OH is 2. The van der Waals surface area contributed by atoms with Crippen LogP contribution in [0.25, 0.3) is 0 Å². The lowest BCUT2D eigenvalue weighted by atomic mass is 9.94. The quantitative estimate of drug-likeness (QED) is 0.634. The van der Waals surface area contributed by atoms with E-state index in [0.717, 1.165) is 25.3 Å². The number of rotatable bonds is 3. The van der Waals surface area contributed by atoms with Crippen molar-refractivity contribution in [2.45, 2.75) is 69.2 Å². The zero-order valence-electron chi connectivity index (χ0n) is 17.6. The fraction of sp³-hybridized carbons (Fsp3) is 0.478. The van der Waals surface area contributed by atoms with Gasteiger partial charge in [-0.3, -0.25) is 9.59 Å². The number of benzene rings is 1. The van der Waals surface area contributed by atoms with Crippen molar-refractivity contribution in [1.82, 2.24) is 15.1 Å². The maximum Gasteiger partial charge on any atom is 0.276 e. The Kier molecular flexibility index (Phi) is 4.54. The first kappa shape index (κ1) is 20.6. The molecule has 0 spiro atoms. The Morgan fingerprint density at radius 2 is 2.06 bits per heavy atom. The summed E-state index contributed by atoms with van der Waals surface area (Å²) >= 11 is 0. The smallest absolute Gasteiger partial charge is 0.276 e. The lowest BCUT2D eigenvalue weighted by Gasteiger charge is -2.52. The molecule has 0 radical (unpaired) electrons. The summed E-state index contributed by atoms with van der Waals surface area (Å²) in [5.74, 6) is -3.78. The van der Waals surface area contributed by atoms with E-state index < -0.39 is 41.5 Å². The average Bonchev–Trinajstić information content (AvgIpc) is 3.39. The van der Waals surface area contributed by atoms with Crippen LogP contribution in [0.4, 0.5) is 8.78 Å². The minimum Gasteiger partial charge on any atom is -0.507 e. The highest BCUT2D eigenvalue weighted by Crippen LogP contribution is 2.49. The zero-order valence-corrected chi connectivity index (χ0v) is 17.6. The van der Waals surface area contributed by atoms with E-state index >= 15 is 0 Å². The molecule has 0 aromatic heterocycles. The molecule has 174 valence electrons. The van der Waals surface area contributed by atoms with Crippen LogP contribution in [0, 0.1) is 11.6 Å². The van der Waals surface area contributed by atoms with Gasteiger partial charge in [-0.15, -0.1) is 0 Å². The molecule has 1 aliphatic carbocycles. The highest BCUT2D eigenvalue weighted by molar-refractivity contribution is 6.00. The van der Waals surface area contributed by atoms with E-state index in [4.69, 9.17) is 4.74 Å². The van der Waals surface area contributed by atoms with Crippen molar-refractivity contribution in [3.63, 3.8) is 0 Å². The first-order valence-corrected chi connectivity index (χ1v) is 11.2. The van der Waals surface area contributed by atoms with E-state index in [1.54, 1.807) is 9.80 Å². The number of amides is 2. The minimum absolute atomic E-state index is 0.00192. The molecule has 2 amide bonds. The van der Waals surface area contributed by atoms with Crippen LogP contribution in [0.1, 0.15) is 37.7 Å². The van der Waals surface area contributed by atoms with Crippen LogP contribution < -0.4 is 5.32 Å². The monoisotopic (exact) mass is 459 g/mol. The third kappa shape index (κ3) is 2.86. The van der Waals surface area contributed by atoms with Crippen molar-refractivity contribution in [2.24, 2.45) is 0 Å². The third-order valence-electron chi connectivity index (χ3n) is 7.46. The number of nitrogens with zero attached hydrogens (tertiary/aromatic N) is 2. The Labute approximate surface area is 188 Å². The molecule has 5 aliphatic rings. The van der Waals surface area contributed by atoms with Crippen LogP contribution in [-0.2, 0) is 20.9 Å². The van der Waals surface area contributed by atoms with Crippen molar-refractivity contribution in [3.8, 4) is 0 Å². The summed E-state index contributed by atoms with van der Waals surface area (Å²) < 4.78 is 33.7. The van der Waals surface area contributed by atoms with Gasteiger partial charge < -0.3 is 30.1 Å². The number of allylic oxidation sites excluding steroid dienone is 1. The van der Waals surface area contributed by atoms with E-state index in [2.05, 4.69) is 5.32 Å². The minimum atomic E-state index is -1.69. The molecule has 1 aromatic carbocycles. The van der Waals surface area contributed by atoms with E-state index in [9.17, 15) is 28.6 Å². The van der Waals surface area contributed by atoms with Crippen molar-refractivity contribution in [2.75, 3.05) is 0 Å². The number of piperazine rings is 1. The summed E-state index contributed by atoms with van der Waals surface area (Å²) in [7, 11) is 0. The summed E-state index contributed by atoms with van der Waals surface area (Å²) in [6, 6.07) is 3.44. The normalized spacial score (nSPS) is 32.3. The molecule has 10 heteroatoms. The number of carbonyl (C=O) groups is 2. The fourth-order valence-corrected chi connectivity index (χ4v) is 5.98. The zero-order chi connectivity index (χ0) is 23.0. The van der Waals surface area contributed by atoms with Crippen molar-refractivity contribution in [3.05, 3.63) is 58.1 Å². The first-order valence-electron chi connectivity index (χ1n) is 11.2. The fourth-order valence-electron chi connectivity index (χ4n) is 5.98. The molecule has 3 saturated heterocycles. The number of halogens is 2. The van der Waals surface area contributed by atoms with Crippen LogP contribution in [0.2, 0.25) is 0 Å². The summed E-state index contributed by atoms with van der Waals surface area (Å²) in [6.45, 7) is -0.297. The number of fused-ring (bicyclic) bond motifs is 5. The molecule has 1 aromatic rings. The topological polar surface area (TPSA) is 102 Å². The molecule has 4 aliphatic heterocycles.